The van der Waals surface area contributed by atoms with Gasteiger partial charge in [-0.05, 0) is 33.6 Å². The Morgan fingerprint density at radius 3 is 2.50 bits per heavy atom. The first-order valence-electron chi connectivity index (χ1n) is 6.18. The van der Waals surface area contributed by atoms with Crippen molar-refractivity contribution in [3.8, 4) is 0 Å². The predicted octanol–water partition coefficient (Wildman–Crippen LogP) is 1.63. The number of hydrogen-bond donors (Lipinski definition) is 2. The van der Waals surface area contributed by atoms with Gasteiger partial charge < -0.3 is 9.84 Å². The first-order valence-corrected chi connectivity index (χ1v) is 6.18. The van der Waals surface area contributed by atoms with Gasteiger partial charge >= 0.3 is 0 Å². The number of ether oxygens (including phenoxy) is 1. The Hall–Kier alpha value is -0.160. The summed E-state index contributed by atoms with van der Waals surface area (Å²) >= 11 is 0. The van der Waals surface area contributed by atoms with Crippen molar-refractivity contribution in [1.29, 1.82) is 0 Å². The lowest BCUT2D eigenvalue weighted by Crippen LogP contribution is -2.36. The zero-order valence-electron chi connectivity index (χ0n) is 10.7. The summed E-state index contributed by atoms with van der Waals surface area (Å²) in [6.07, 6.45) is 4.65. The summed E-state index contributed by atoms with van der Waals surface area (Å²) in [6, 6.07) is 0. The molecule has 1 rings (SSSR count). The summed E-state index contributed by atoms with van der Waals surface area (Å²) < 4.78 is 5.60. The monoisotopic (exact) mass is 231 g/mol. The molecule has 0 aromatic carbocycles. The summed E-state index contributed by atoms with van der Waals surface area (Å²) in [4.78, 5) is 5.31. The summed E-state index contributed by atoms with van der Waals surface area (Å²) in [6.45, 7) is 6.68. The topological polar surface area (TPSA) is 50.7 Å². The highest BCUT2D eigenvalue weighted by atomic mass is 16.7. The van der Waals surface area contributed by atoms with E-state index in [0.29, 0.717) is 19.3 Å². The van der Waals surface area contributed by atoms with Crippen molar-refractivity contribution in [2.75, 3.05) is 13.2 Å². The van der Waals surface area contributed by atoms with Crippen molar-refractivity contribution in [2.24, 2.45) is 0 Å². The third-order valence-electron chi connectivity index (χ3n) is 2.52. The fourth-order valence-corrected chi connectivity index (χ4v) is 1.72. The van der Waals surface area contributed by atoms with Crippen LogP contribution < -0.4 is 5.48 Å². The van der Waals surface area contributed by atoms with E-state index in [1.54, 1.807) is 0 Å². The Kier molecular flexibility index (Phi) is 5.69. The van der Waals surface area contributed by atoms with Gasteiger partial charge in [-0.2, -0.15) is 5.48 Å². The molecule has 0 radical (unpaired) electrons. The number of hydrogen-bond acceptors (Lipinski definition) is 4. The van der Waals surface area contributed by atoms with Crippen LogP contribution in [0.3, 0.4) is 0 Å². The van der Waals surface area contributed by atoms with E-state index in [2.05, 4.69) is 5.48 Å². The molecule has 0 aliphatic heterocycles. The SMILES string of the molecule is CC(C)(C)ONCC(O)COC1CCCC1. The molecular weight excluding hydrogens is 206 g/mol. The van der Waals surface area contributed by atoms with Crippen molar-refractivity contribution in [1.82, 2.24) is 5.48 Å². The zero-order chi connectivity index (χ0) is 12.0. The highest BCUT2D eigenvalue weighted by Crippen LogP contribution is 2.20. The molecule has 96 valence electrons. The van der Waals surface area contributed by atoms with Crippen LogP contribution in [0.15, 0.2) is 0 Å². The fraction of sp³-hybridized carbons (Fsp3) is 1.00. The smallest absolute Gasteiger partial charge is 0.0921 e. The lowest BCUT2D eigenvalue weighted by Gasteiger charge is -2.21. The Labute approximate surface area is 98.3 Å². The molecule has 0 saturated heterocycles. The van der Waals surface area contributed by atoms with E-state index in [-0.39, 0.29) is 5.60 Å². The van der Waals surface area contributed by atoms with Crippen LogP contribution in [0.2, 0.25) is 0 Å². The highest BCUT2D eigenvalue weighted by Gasteiger charge is 2.17. The van der Waals surface area contributed by atoms with Crippen LogP contribution >= 0.6 is 0 Å². The van der Waals surface area contributed by atoms with Crippen molar-refractivity contribution < 1.29 is 14.7 Å². The third kappa shape index (κ3) is 6.43. The molecule has 1 fully saturated rings. The molecule has 16 heavy (non-hydrogen) atoms. The first-order chi connectivity index (χ1) is 7.47. The van der Waals surface area contributed by atoms with Gasteiger partial charge in [0.15, 0.2) is 0 Å². The molecule has 0 bridgehead atoms. The van der Waals surface area contributed by atoms with Crippen LogP contribution in [0.25, 0.3) is 0 Å². The number of aliphatic hydroxyl groups excluding tert-OH is 1. The molecule has 4 heteroatoms. The minimum atomic E-state index is -0.497. The standard InChI is InChI=1S/C12H25NO3/c1-12(2,3)16-13-8-10(14)9-15-11-6-4-5-7-11/h10-11,13-14H,4-9H2,1-3H3. The average Bonchev–Trinajstić information content (AvgIpc) is 2.65. The molecule has 1 unspecified atom stereocenters. The van der Waals surface area contributed by atoms with Gasteiger partial charge in [0.2, 0.25) is 0 Å². The van der Waals surface area contributed by atoms with Crippen LogP contribution in [0.5, 0.6) is 0 Å². The molecule has 0 amide bonds. The largest absolute Gasteiger partial charge is 0.389 e. The van der Waals surface area contributed by atoms with Crippen LogP contribution in [-0.2, 0) is 9.57 Å². The predicted molar refractivity (Wildman–Crippen MR) is 63.1 cm³/mol. The van der Waals surface area contributed by atoms with Gasteiger partial charge in [-0.3, -0.25) is 4.84 Å². The maximum absolute atomic E-state index is 9.64. The van der Waals surface area contributed by atoms with Crippen LogP contribution in [0.4, 0.5) is 0 Å². The van der Waals surface area contributed by atoms with Gasteiger partial charge in [-0.15, -0.1) is 0 Å². The van der Waals surface area contributed by atoms with Crippen molar-refractivity contribution in [2.45, 2.75) is 64.3 Å². The molecule has 0 heterocycles. The maximum Gasteiger partial charge on any atom is 0.0921 e. The average molecular weight is 231 g/mol. The summed E-state index contributed by atoms with van der Waals surface area (Å²) in [5, 5.41) is 9.64. The molecule has 1 saturated carbocycles. The minimum absolute atomic E-state index is 0.230. The molecule has 1 atom stereocenters. The molecule has 2 N–H and O–H groups in total. The van der Waals surface area contributed by atoms with Crippen LogP contribution in [0, 0.1) is 0 Å². The zero-order valence-corrected chi connectivity index (χ0v) is 10.7. The Morgan fingerprint density at radius 2 is 1.94 bits per heavy atom. The van der Waals surface area contributed by atoms with Crippen molar-refractivity contribution in [3.63, 3.8) is 0 Å². The normalized spacial score (nSPS) is 20.2. The van der Waals surface area contributed by atoms with E-state index >= 15 is 0 Å². The quantitative estimate of drug-likeness (QED) is 0.682. The molecule has 1 aliphatic rings. The molecule has 0 spiro atoms. The van der Waals surface area contributed by atoms with Crippen LogP contribution in [0.1, 0.15) is 46.5 Å². The number of rotatable bonds is 6. The number of nitrogens with one attached hydrogen (secondary N) is 1. The molecule has 1 aliphatic carbocycles. The Balaban J connectivity index is 2.00. The summed E-state index contributed by atoms with van der Waals surface area (Å²) in [5.74, 6) is 0. The molecule has 0 aromatic heterocycles. The second kappa shape index (κ2) is 6.55. The van der Waals surface area contributed by atoms with E-state index in [4.69, 9.17) is 9.57 Å². The van der Waals surface area contributed by atoms with E-state index < -0.39 is 6.10 Å². The van der Waals surface area contributed by atoms with Gasteiger partial charge in [0.1, 0.15) is 0 Å². The van der Waals surface area contributed by atoms with Gasteiger partial charge in [0.25, 0.3) is 0 Å². The van der Waals surface area contributed by atoms with E-state index in [9.17, 15) is 5.11 Å². The Morgan fingerprint density at radius 1 is 1.31 bits per heavy atom. The molecule has 4 nitrogen and oxygen atoms in total. The maximum atomic E-state index is 9.64. The van der Waals surface area contributed by atoms with Gasteiger partial charge in [-0.25, -0.2) is 0 Å². The third-order valence-corrected chi connectivity index (χ3v) is 2.52. The number of aliphatic hydroxyl groups is 1. The first kappa shape index (κ1) is 13.9. The summed E-state index contributed by atoms with van der Waals surface area (Å²) in [7, 11) is 0. The lowest BCUT2D eigenvalue weighted by molar-refractivity contribution is -0.0928. The van der Waals surface area contributed by atoms with Crippen LogP contribution in [-0.4, -0.2) is 36.1 Å². The van der Waals surface area contributed by atoms with Crippen molar-refractivity contribution in [3.05, 3.63) is 0 Å². The molecule has 0 aromatic rings. The van der Waals surface area contributed by atoms with E-state index in [1.807, 2.05) is 20.8 Å². The molecular formula is C12H25NO3. The van der Waals surface area contributed by atoms with E-state index in [1.165, 1.54) is 12.8 Å². The van der Waals surface area contributed by atoms with Gasteiger partial charge in [-0.1, -0.05) is 12.8 Å². The summed E-state index contributed by atoms with van der Waals surface area (Å²) in [5.41, 5.74) is 2.54. The second-order valence-corrected chi connectivity index (χ2v) is 5.46. The lowest BCUT2D eigenvalue weighted by atomic mass is 10.2. The fourth-order valence-electron chi connectivity index (χ4n) is 1.72. The minimum Gasteiger partial charge on any atom is -0.389 e. The highest BCUT2D eigenvalue weighted by molar-refractivity contribution is 4.68. The van der Waals surface area contributed by atoms with Gasteiger partial charge in [0.05, 0.1) is 24.4 Å². The van der Waals surface area contributed by atoms with Crippen molar-refractivity contribution >= 4 is 0 Å². The van der Waals surface area contributed by atoms with E-state index in [0.717, 1.165) is 12.8 Å². The number of hydroxylamine groups is 1. The Bertz CT molecular complexity index is 185. The second-order valence-electron chi connectivity index (χ2n) is 5.46. The van der Waals surface area contributed by atoms with Gasteiger partial charge in [0, 0.05) is 6.54 Å².